The number of amides is 1. The number of halogens is 1. The molecule has 1 aliphatic heterocycles. The normalized spacial score (nSPS) is 16.8. The summed E-state index contributed by atoms with van der Waals surface area (Å²) < 4.78 is 0. The van der Waals surface area contributed by atoms with Crippen LogP contribution in [0.3, 0.4) is 0 Å². The molecular weight excluding hydrogens is 288 g/mol. The highest BCUT2D eigenvalue weighted by Gasteiger charge is 2.24. The fourth-order valence-electron chi connectivity index (χ4n) is 2.43. The lowest BCUT2D eigenvalue weighted by molar-refractivity contribution is -0.119. The van der Waals surface area contributed by atoms with Crippen LogP contribution in [0.25, 0.3) is 0 Å². The maximum absolute atomic E-state index is 12.3. The Morgan fingerprint density at radius 1 is 1.38 bits per heavy atom. The van der Waals surface area contributed by atoms with E-state index in [-0.39, 0.29) is 17.8 Å². The van der Waals surface area contributed by atoms with E-state index >= 15 is 0 Å². The molecule has 0 bridgehead atoms. The van der Waals surface area contributed by atoms with Crippen LogP contribution in [-0.4, -0.2) is 22.4 Å². The minimum absolute atomic E-state index is 0.0985. The Morgan fingerprint density at radius 2 is 2.19 bits per heavy atom. The number of hydrogen-bond donors (Lipinski definition) is 2. The van der Waals surface area contributed by atoms with E-state index in [0.717, 1.165) is 16.9 Å². The van der Waals surface area contributed by atoms with Crippen molar-refractivity contribution in [2.45, 2.75) is 13.3 Å². The van der Waals surface area contributed by atoms with Crippen molar-refractivity contribution < 1.29 is 4.79 Å². The molecule has 3 rings (SSSR count). The third-order valence-corrected chi connectivity index (χ3v) is 3.64. The molecule has 0 aliphatic carbocycles. The molecule has 0 fully saturated rings. The van der Waals surface area contributed by atoms with Crippen LogP contribution in [-0.2, 0) is 11.2 Å². The number of carbonyl (C=O) groups excluding carboxylic acids is 1. The van der Waals surface area contributed by atoms with Crippen molar-refractivity contribution in [3.8, 4) is 0 Å². The van der Waals surface area contributed by atoms with Crippen molar-refractivity contribution in [3.63, 3.8) is 0 Å². The van der Waals surface area contributed by atoms with Crippen LogP contribution >= 0.6 is 11.6 Å². The molecule has 5 nitrogen and oxygen atoms in total. The molecule has 108 valence electrons. The topological polar surface area (TPSA) is 66.9 Å². The largest absolute Gasteiger partial charge is 0.384 e. The summed E-state index contributed by atoms with van der Waals surface area (Å²) in [5, 5.41) is 6.34. The Morgan fingerprint density at radius 3 is 3.00 bits per heavy atom. The number of para-hydroxylation sites is 1. The maximum atomic E-state index is 12.3. The van der Waals surface area contributed by atoms with Crippen molar-refractivity contribution in [3.05, 3.63) is 46.7 Å². The predicted octanol–water partition coefficient (Wildman–Crippen LogP) is 2.66. The molecule has 0 spiro atoms. The molecule has 1 unspecified atom stereocenters. The summed E-state index contributed by atoms with van der Waals surface area (Å²) in [5.41, 5.74) is 2.96. The molecule has 1 aromatic heterocycles. The van der Waals surface area contributed by atoms with Crippen LogP contribution in [0.15, 0.2) is 30.3 Å². The summed E-state index contributed by atoms with van der Waals surface area (Å²) in [7, 11) is 0. The Hall–Kier alpha value is -2.14. The number of nitrogens with one attached hydrogen (secondary N) is 2. The summed E-state index contributed by atoms with van der Waals surface area (Å²) in [6.07, 6.45) is 0.703. The smallest absolute Gasteiger partial charge is 0.231 e. The fraction of sp³-hybridized carbons (Fsp3) is 0.267. The van der Waals surface area contributed by atoms with Crippen molar-refractivity contribution >= 4 is 29.1 Å². The number of nitrogens with zero attached hydrogens (tertiary/aromatic N) is 2. The van der Waals surface area contributed by atoms with Gasteiger partial charge in [-0.1, -0.05) is 29.8 Å². The SMILES string of the molecule is Cc1cc(Cl)nc(NC(=O)C2CNc3ccccc3C2)n1. The first kappa shape index (κ1) is 13.8. The number of hydrogen-bond acceptors (Lipinski definition) is 4. The predicted molar refractivity (Wildman–Crippen MR) is 82.5 cm³/mol. The van der Waals surface area contributed by atoms with Crippen molar-refractivity contribution in [1.82, 2.24) is 9.97 Å². The molecule has 1 aliphatic rings. The Labute approximate surface area is 127 Å². The number of fused-ring (bicyclic) bond motifs is 1. The Bertz CT molecular complexity index is 669. The average Bonchev–Trinajstić information content (AvgIpc) is 2.45. The second-order valence-electron chi connectivity index (χ2n) is 5.08. The van der Waals surface area contributed by atoms with E-state index in [1.807, 2.05) is 31.2 Å². The third kappa shape index (κ3) is 3.13. The van der Waals surface area contributed by atoms with Gasteiger partial charge in [0.05, 0.1) is 5.92 Å². The van der Waals surface area contributed by atoms with Gasteiger partial charge in [-0.25, -0.2) is 9.97 Å². The first-order chi connectivity index (χ1) is 10.1. The van der Waals surface area contributed by atoms with Gasteiger partial charge in [0.25, 0.3) is 0 Å². The first-order valence-corrected chi connectivity index (χ1v) is 7.13. The Balaban J connectivity index is 1.72. The average molecular weight is 303 g/mol. The van der Waals surface area contributed by atoms with Gasteiger partial charge in [0.1, 0.15) is 5.15 Å². The zero-order valence-corrected chi connectivity index (χ0v) is 12.3. The lowest BCUT2D eigenvalue weighted by Gasteiger charge is -2.25. The van der Waals surface area contributed by atoms with Gasteiger partial charge in [-0.3, -0.25) is 10.1 Å². The van der Waals surface area contributed by atoms with E-state index in [1.165, 1.54) is 0 Å². The van der Waals surface area contributed by atoms with Gasteiger partial charge < -0.3 is 5.32 Å². The van der Waals surface area contributed by atoms with Crippen LogP contribution in [0.1, 0.15) is 11.3 Å². The summed E-state index contributed by atoms with van der Waals surface area (Å²) in [6, 6.07) is 9.66. The summed E-state index contributed by atoms with van der Waals surface area (Å²) in [4.78, 5) is 20.5. The van der Waals surface area contributed by atoms with Crippen LogP contribution in [0.4, 0.5) is 11.6 Å². The number of aryl methyl sites for hydroxylation is 1. The zero-order chi connectivity index (χ0) is 14.8. The highest BCUT2D eigenvalue weighted by molar-refractivity contribution is 6.29. The first-order valence-electron chi connectivity index (χ1n) is 6.75. The minimum Gasteiger partial charge on any atom is -0.384 e. The number of carbonyl (C=O) groups is 1. The molecule has 2 heterocycles. The van der Waals surface area contributed by atoms with E-state index in [2.05, 4.69) is 20.6 Å². The van der Waals surface area contributed by atoms with Crippen molar-refractivity contribution in [2.24, 2.45) is 5.92 Å². The van der Waals surface area contributed by atoms with Gasteiger partial charge in [0.2, 0.25) is 11.9 Å². The van der Waals surface area contributed by atoms with Crippen LogP contribution in [0.5, 0.6) is 0 Å². The summed E-state index contributed by atoms with van der Waals surface area (Å²) >= 11 is 5.87. The summed E-state index contributed by atoms with van der Waals surface area (Å²) in [5.74, 6) is 0.00492. The second kappa shape index (κ2) is 5.69. The van der Waals surface area contributed by atoms with Crippen molar-refractivity contribution in [2.75, 3.05) is 17.2 Å². The molecule has 2 aromatic rings. The maximum Gasteiger partial charge on any atom is 0.231 e. The molecule has 0 saturated carbocycles. The highest BCUT2D eigenvalue weighted by Crippen LogP contribution is 2.24. The minimum atomic E-state index is -0.150. The molecule has 21 heavy (non-hydrogen) atoms. The number of anilines is 2. The van der Waals surface area contributed by atoms with E-state index < -0.39 is 0 Å². The van der Waals surface area contributed by atoms with Crippen LogP contribution in [0, 0.1) is 12.8 Å². The van der Waals surface area contributed by atoms with Crippen LogP contribution < -0.4 is 10.6 Å². The molecule has 1 amide bonds. The van der Waals surface area contributed by atoms with E-state index in [0.29, 0.717) is 18.1 Å². The molecule has 1 atom stereocenters. The lowest BCUT2D eigenvalue weighted by Crippen LogP contribution is -2.34. The molecule has 1 aromatic carbocycles. The number of benzene rings is 1. The molecule has 0 radical (unpaired) electrons. The lowest BCUT2D eigenvalue weighted by atomic mass is 9.93. The summed E-state index contributed by atoms with van der Waals surface area (Å²) in [6.45, 7) is 2.41. The van der Waals surface area contributed by atoms with Gasteiger partial charge >= 0.3 is 0 Å². The highest BCUT2D eigenvalue weighted by atomic mass is 35.5. The van der Waals surface area contributed by atoms with E-state index in [4.69, 9.17) is 11.6 Å². The van der Waals surface area contributed by atoms with Crippen LogP contribution in [0.2, 0.25) is 5.15 Å². The van der Waals surface area contributed by atoms with Gasteiger partial charge in [-0.2, -0.15) is 0 Å². The van der Waals surface area contributed by atoms with Gasteiger partial charge in [-0.05, 0) is 31.0 Å². The number of aromatic nitrogens is 2. The van der Waals surface area contributed by atoms with Gasteiger partial charge in [-0.15, -0.1) is 0 Å². The third-order valence-electron chi connectivity index (χ3n) is 3.45. The zero-order valence-electron chi connectivity index (χ0n) is 11.6. The molecule has 6 heteroatoms. The standard InChI is InChI=1S/C15H15ClN4O/c1-9-6-13(16)19-15(18-9)20-14(21)11-7-10-4-2-3-5-12(10)17-8-11/h2-6,11,17H,7-8H2,1H3,(H,18,19,20,21). The van der Waals surface area contributed by atoms with E-state index in [1.54, 1.807) is 6.07 Å². The quantitative estimate of drug-likeness (QED) is 0.837. The van der Waals surface area contributed by atoms with Gasteiger partial charge in [0, 0.05) is 17.9 Å². The van der Waals surface area contributed by atoms with E-state index in [9.17, 15) is 4.79 Å². The fourth-order valence-corrected chi connectivity index (χ4v) is 2.66. The molecule has 0 saturated heterocycles. The molecular formula is C15H15ClN4O. The number of rotatable bonds is 2. The second-order valence-corrected chi connectivity index (χ2v) is 5.47. The Kier molecular flexibility index (Phi) is 3.75. The van der Waals surface area contributed by atoms with Crippen molar-refractivity contribution in [1.29, 1.82) is 0 Å². The monoisotopic (exact) mass is 302 g/mol. The van der Waals surface area contributed by atoms with Gasteiger partial charge in [0.15, 0.2) is 0 Å². The molecule has 2 N–H and O–H groups in total.